The summed E-state index contributed by atoms with van der Waals surface area (Å²) in [5.41, 5.74) is 13.1. The number of hydrogen-bond donors (Lipinski definition) is 3. The second-order valence-electron chi connectivity index (χ2n) is 7.88. The van der Waals surface area contributed by atoms with Crippen LogP contribution >= 0.6 is 0 Å². The van der Waals surface area contributed by atoms with Crippen molar-refractivity contribution in [2.75, 3.05) is 5.73 Å². The smallest absolute Gasteiger partial charge is 0.159 e. The molecule has 0 saturated heterocycles. The Balaban J connectivity index is 1.51. The maximum atomic E-state index is 14.0. The number of aromatic amines is 2. The number of benzene rings is 1. The molecule has 9 heteroatoms. The Morgan fingerprint density at radius 2 is 1.76 bits per heavy atom. The lowest BCUT2D eigenvalue weighted by Crippen LogP contribution is -1.90. The first-order valence-corrected chi connectivity index (χ1v) is 10.2. The number of nitrogen functional groups attached to an aromatic ring is 1. The van der Waals surface area contributed by atoms with Crippen molar-refractivity contribution < 1.29 is 4.39 Å². The van der Waals surface area contributed by atoms with Crippen molar-refractivity contribution in [1.29, 1.82) is 0 Å². The lowest BCUT2D eigenvalue weighted by atomic mass is 10.0. The maximum absolute atomic E-state index is 14.0. The van der Waals surface area contributed by atoms with E-state index in [9.17, 15) is 4.39 Å². The van der Waals surface area contributed by atoms with E-state index < -0.39 is 0 Å². The monoisotopic (exact) mass is 436 g/mol. The van der Waals surface area contributed by atoms with Crippen molar-refractivity contribution in [1.82, 2.24) is 35.1 Å². The molecule has 0 fully saturated rings. The van der Waals surface area contributed by atoms with Crippen LogP contribution in [0.2, 0.25) is 0 Å². The Morgan fingerprint density at radius 3 is 2.61 bits per heavy atom. The van der Waals surface area contributed by atoms with Gasteiger partial charge in [0.15, 0.2) is 5.82 Å². The highest BCUT2D eigenvalue weighted by atomic mass is 19.1. The van der Waals surface area contributed by atoms with E-state index in [1.54, 1.807) is 31.0 Å². The Bertz CT molecular complexity index is 1650. The molecule has 0 aliphatic carbocycles. The minimum atomic E-state index is -0.299. The lowest BCUT2D eigenvalue weighted by Gasteiger charge is -2.04. The van der Waals surface area contributed by atoms with Crippen molar-refractivity contribution >= 4 is 27.6 Å². The van der Waals surface area contributed by atoms with Crippen LogP contribution in [0.5, 0.6) is 0 Å². The Kier molecular flexibility index (Phi) is 4.16. The van der Waals surface area contributed by atoms with Crippen molar-refractivity contribution in [3.05, 3.63) is 72.7 Å². The molecule has 5 heterocycles. The number of nitrogens with one attached hydrogen (secondary N) is 2. The van der Waals surface area contributed by atoms with Crippen LogP contribution in [-0.4, -0.2) is 35.1 Å². The third-order valence-electron chi connectivity index (χ3n) is 5.47. The zero-order valence-corrected chi connectivity index (χ0v) is 17.5. The van der Waals surface area contributed by atoms with Gasteiger partial charge in [0.25, 0.3) is 0 Å². The van der Waals surface area contributed by atoms with Gasteiger partial charge in [-0.05, 0) is 42.3 Å². The van der Waals surface area contributed by atoms with Gasteiger partial charge in [0.1, 0.15) is 11.5 Å². The molecule has 160 valence electrons. The summed E-state index contributed by atoms with van der Waals surface area (Å²) in [5.74, 6) is 0.272. The quantitative estimate of drug-likeness (QED) is 0.371. The fourth-order valence-electron chi connectivity index (χ4n) is 4.00. The predicted octanol–water partition coefficient (Wildman–Crippen LogP) is 4.65. The molecule has 33 heavy (non-hydrogen) atoms. The van der Waals surface area contributed by atoms with Gasteiger partial charge in [0, 0.05) is 35.1 Å². The molecule has 0 spiro atoms. The number of aryl methyl sites for hydroxylation is 1. The summed E-state index contributed by atoms with van der Waals surface area (Å²) in [7, 11) is 0. The third-order valence-corrected chi connectivity index (χ3v) is 5.47. The molecular weight excluding hydrogens is 419 g/mol. The Morgan fingerprint density at radius 1 is 0.879 bits per heavy atom. The number of anilines is 1. The summed E-state index contributed by atoms with van der Waals surface area (Å²) in [6.07, 6.45) is 8.41. The van der Waals surface area contributed by atoms with Gasteiger partial charge >= 0.3 is 0 Å². The summed E-state index contributed by atoms with van der Waals surface area (Å²) in [6, 6.07) is 8.63. The van der Waals surface area contributed by atoms with Crippen LogP contribution in [0, 0.1) is 12.7 Å². The number of hydrogen-bond acceptors (Lipinski definition) is 6. The van der Waals surface area contributed by atoms with E-state index in [1.807, 2.05) is 25.1 Å². The highest BCUT2D eigenvalue weighted by Crippen LogP contribution is 2.32. The first-order chi connectivity index (χ1) is 16.0. The minimum Gasteiger partial charge on any atom is -0.397 e. The fraction of sp³-hybridized carbons (Fsp3) is 0.0417. The molecule has 5 aromatic heterocycles. The van der Waals surface area contributed by atoms with E-state index >= 15 is 0 Å². The van der Waals surface area contributed by atoms with Crippen LogP contribution < -0.4 is 5.73 Å². The molecule has 0 unspecified atom stereocenters. The van der Waals surface area contributed by atoms with Crippen molar-refractivity contribution in [2.45, 2.75) is 6.92 Å². The van der Waals surface area contributed by atoms with Gasteiger partial charge in [0.2, 0.25) is 0 Å². The summed E-state index contributed by atoms with van der Waals surface area (Å²) < 4.78 is 14.0. The second-order valence-corrected chi connectivity index (χ2v) is 7.88. The number of nitrogens with zero attached hydrogens (tertiary/aromatic N) is 5. The van der Waals surface area contributed by atoms with Crippen LogP contribution in [-0.2, 0) is 0 Å². The van der Waals surface area contributed by atoms with Crippen LogP contribution in [0.1, 0.15) is 5.56 Å². The van der Waals surface area contributed by atoms with E-state index in [0.717, 1.165) is 44.4 Å². The number of fused-ring (bicyclic) bond motifs is 2. The van der Waals surface area contributed by atoms with E-state index in [4.69, 9.17) is 10.7 Å². The molecule has 1 aromatic carbocycles. The topological polar surface area (TPSA) is 122 Å². The first kappa shape index (κ1) is 19.1. The maximum Gasteiger partial charge on any atom is 0.159 e. The molecule has 6 rings (SSSR count). The average Bonchev–Trinajstić information content (AvgIpc) is 3.41. The molecule has 4 N–H and O–H groups in total. The second kappa shape index (κ2) is 7.20. The molecular formula is C24H17FN8. The van der Waals surface area contributed by atoms with Crippen LogP contribution in [0.15, 0.2) is 61.3 Å². The number of H-pyrrole nitrogens is 2. The molecule has 0 saturated carbocycles. The molecule has 0 amide bonds. The van der Waals surface area contributed by atoms with Gasteiger partial charge < -0.3 is 10.7 Å². The van der Waals surface area contributed by atoms with Gasteiger partial charge in [-0.2, -0.15) is 5.10 Å². The molecule has 0 aliphatic rings. The molecule has 8 nitrogen and oxygen atoms in total. The van der Waals surface area contributed by atoms with Crippen molar-refractivity contribution in [3.8, 4) is 33.9 Å². The molecule has 0 atom stereocenters. The minimum absolute atomic E-state index is 0.299. The number of pyridine rings is 3. The van der Waals surface area contributed by atoms with E-state index in [0.29, 0.717) is 22.7 Å². The Hall–Kier alpha value is -4.66. The SMILES string of the molecule is Cc1cc(F)cc(-c2cncc3[nH]c(-c4n[nH]c5cnc(-c6cncc(N)c6)cc45)nc23)c1. The summed E-state index contributed by atoms with van der Waals surface area (Å²) in [4.78, 5) is 21.1. The molecule has 6 aromatic rings. The highest BCUT2D eigenvalue weighted by Gasteiger charge is 2.17. The lowest BCUT2D eigenvalue weighted by molar-refractivity contribution is 0.627. The number of aromatic nitrogens is 7. The first-order valence-electron chi connectivity index (χ1n) is 10.2. The average molecular weight is 436 g/mol. The van der Waals surface area contributed by atoms with Crippen LogP contribution in [0.3, 0.4) is 0 Å². The number of halogens is 1. The van der Waals surface area contributed by atoms with Crippen LogP contribution in [0.25, 0.3) is 55.8 Å². The van der Waals surface area contributed by atoms with Gasteiger partial charge in [0.05, 0.1) is 40.3 Å². The number of rotatable bonds is 3. The van der Waals surface area contributed by atoms with Gasteiger partial charge in [-0.25, -0.2) is 9.37 Å². The Labute approximate surface area is 186 Å². The predicted molar refractivity (Wildman–Crippen MR) is 125 cm³/mol. The zero-order valence-electron chi connectivity index (χ0n) is 17.5. The summed E-state index contributed by atoms with van der Waals surface area (Å²) in [6.45, 7) is 1.85. The summed E-state index contributed by atoms with van der Waals surface area (Å²) >= 11 is 0. The third kappa shape index (κ3) is 3.26. The number of imidazole rings is 1. The largest absolute Gasteiger partial charge is 0.397 e. The summed E-state index contributed by atoms with van der Waals surface area (Å²) in [5, 5.41) is 8.31. The van der Waals surface area contributed by atoms with Gasteiger partial charge in [-0.1, -0.05) is 6.07 Å². The van der Waals surface area contributed by atoms with Crippen LogP contribution in [0.4, 0.5) is 10.1 Å². The molecule has 0 aliphatic heterocycles. The number of nitrogens with two attached hydrogens (primary N) is 1. The van der Waals surface area contributed by atoms with E-state index in [-0.39, 0.29) is 5.82 Å². The van der Waals surface area contributed by atoms with Crippen molar-refractivity contribution in [3.63, 3.8) is 0 Å². The van der Waals surface area contributed by atoms with Gasteiger partial charge in [-0.3, -0.25) is 20.1 Å². The fourth-order valence-corrected chi connectivity index (χ4v) is 4.00. The normalized spacial score (nSPS) is 11.5. The molecule has 0 bridgehead atoms. The standard InChI is InChI=1S/C24H17FN8/c1-12-2-13(4-15(25)3-12)18-9-28-10-21-22(18)31-24(30-21)23-17-6-19(29-11-20(17)32-33-23)14-5-16(26)8-27-7-14/h2-11H,26H2,1H3,(H,30,31)(H,32,33). The zero-order chi connectivity index (χ0) is 22.5. The van der Waals surface area contributed by atoms with Crippen molar-refractivity contribution in [2.24, 2.45) is 0 Å². The molecule has 0 radical (unpaired) electrons. The highest BCUT2D eigenvalue weighted by molar-refractivity contribution is 5.97. The van der Waals surface area contributed by atoms with Gasteiger partial charge in [-0.15, -0.1) is 0 Å². The van der Waals surface area contributed by atoms with E-state index in [1.165, 1.54) is 12.1 Å². The van der Waals surface area contributed by atoms with E-state index in [2.05, 4.69) is 30.1 Å².